The van der Waals surface area contributed by atoms with E-state index >= 15 is 0 Å². The van der Waals surface area contributed by atoms with Crippen LogP contribution in [0.25, 0.3) is 111 Å². The van der Waals surface area contributed by atoms with Gasteiger partial charge in [0, 0.05) is 99.8 Å². The Morgan fingerprint density at radius 1 is 0.527 bits per heavy atom. The summed E-state index contributed by atoms with van der Waals surface area (Å²) in [7, 11) is 0.815. The Balaban J connectivity index is 1.11. The van der Waals surface area contributed by atoms with E-state index in [-0.39, 0.29) is 16.2 Å². The van der Waals surface area contributed by atoms with Crippen molar-refractivity contribution in [2.24, 2.45) is 0 Å². The van der Waals surface area contributed by atoms with Crippen molar-refractivity contribution in [1.29, 1.82) is 0 Å². The fourth-order valence-corrected chi connectivity index (χ4v) is 16.7. The Hall–Kier alpha value is -6.96. The van der Waals surface area contributed by atoms with Crippen molar-refractivity contribution < 1.29 is 0 Å². The summed E-state index contributed by atoms with van der Waals surface area (Å²) in [6.45, 7) is 16.8. The number of thiophene rings is 3. The highest BCUT2D eigenvalue weighted by Crippen LogP contribution is 2.54. The molecule has 358 valence electrons. The van der Waals surface area contributed by atoms with E-state index in [0.717, 1.165) is 25.1 Å². The van der Waals surface area contributed by atoms with Crippen LogP contribution in [0.3, 0.4) is 0 Å². The molecule has 5 heterocycles. The van der Waals surface area contributed by atoms with Crippen LogP contribution >= 0.6 is 34.0 Å². The molecule has 0 unspecified atom stereocenters. The number of rotatable bonds is 5. The van der Waals surface area contributed by atoms with Gasteiger partial charge in [-0.15, -0.1) is 34.0 Å². The Kier molecular flexibility index (Phi) is 9.50. The van der Waals surface area contributed by atoms with E-state index in [1.165, 1.54) is 145 Å². The maximum atomic E-state index is 4.09. The largest absolute Gasteiger partial charge is 0.355 e. The zero-order valence-corrected chi connectivity index (χ0v) is 45.4. The number of hydrogen-bond acceptors (Lipinski definition) is 4. The Bertz CT molecular complexity index is 4500. The number of fused-ring (bicyclic) bond motifs is 14. The molecule has 0 atom stereocenters. The lowest BCUT2D eigenvalue weighted by atomic mass is 9.58. The van der Waals surface area contributed by atoms with Crippen LogP contribution in [0.5, 0.6) is 0 Å². The SMILES string of the molecule is CC(C)(C)c1ccc(Nc2cc3sc4ccccc4c3cc2-c2c3c4c(c5cc6c(cc5n4-c4cc5c(-c7ccccc7)c(-c7ccccc7)sc5cc4B3)C(C)(C)CCC6(C)C)c3c2sc2ccccc23)cc1. The van der Waals surface area contributed by atoms with Crippen molar-refractivity contribution in [3.05, 3.63) is 187 Å². The fraction of sp³-hybridized carbons (Fsp3) is 0.176. The van der Waals surface area contributed by atoms with E-state index in [1.54, 1.807) is 0 Å². The Labute approximate surface area is 445 Å². The second-order valence-electron chi connectivity index (χ2n) is 23.5. The molecule has 1 aliphatic heterocycles. The summed E-state index contributed by atoms with van der Waals surface area (Å²) in [6, 6.07) is 65.0. The van der Waals surface area contributed by atoms with Gasteiger partial charge in [0.15, 0.2) is 7.28 Å². The topological polar surface area (TPSA) is 17.0 Å². The standard InChI is InChI=1S/C68H55BN2S3/c1-66(2,3)40-26-28-41(29-27-40)70-51-37-57-44(42-22-14-16-24-54(42)72-57)32-45(51)61-62-63-59(60-43-23-15-17-25-55(43)73-65(60)61)46-33-48-49(68(6,7)31-30-67(48,4)5)35-52(46)71(63)53-34-47-56(36-50(53)69-62)74-64(39-20-12-9-13-21-39)58(47)38-18-10-8-11-19-38/h8-29,32-37,69-70H,30-31H2,1-7H3. The molecule has 0 spiro atoms. The summed E-state index contributed by atoms with van der Waals surface area (Å²) in [5.41, 5.74) is 19.9. The van der Waals surface area contributed by atoms with Gasteiger partial charge in [-0.05, 0) is 129 Å². The van der Waals surface area contributed by atoms with E-state index in [4.69, 9.17) is 0 Å². The average Bonchev–Trinajstić information content (AvgIpc) is 4.34. The third-order valence-corrected chi connectivity index (χ3v) is 20.5. The zero-order valence-electron chi connectivity index (χ0n) is 43.0. The van der Waals surface area contributed by atoms with Crippen LogP contribution in [0.15, 0.2) is 170 Å². The van der Waals surface area contributed by atoms with Crippen LogP contribution in [-0.4, -0.2) is 11.8 Å². The van der Waals surface area contributed by atoms with Gasteiger partial charge in [-0.1, -0.05) is 163 Å². The van der Waals surface area contributed by atoms with Crippen molar-refractivity contribution >= 4 is 136 Å². The van der Waals surface area contributed by atoms with E-state index in [2.05, 4.69) is 228 Å². The van der Waals surface area contributed by atoms with Gasteiger partial charge in [0.25, 0.3) is 0 Å². The van der Waals surface area contributed by atoms with Crippen LogP contribution in [0.2, 0.25) is 0 Å². The molecule has 0 fully saturated rings. The van der Waals surface area contributed by atoms with Crippen LogP contribution in [0, 0.1) is 0 Å². The Morgan fingerprint density at radius 2 is 1.16 bits per heavy atom. The van der Waals surface area contributed by atoms with Gasteiger partial charge in [0.05, 0.1) is 5.52 Å². The summed E-state index contributed by atoms with van der Waals surface area (Å²) in [5, 5.41) is 13.5. The van der Waals surface area contributed by atoms with Crippen LogP contribution in [0.1, 0.15) is 78.0 Å². The van der Waals surface area contributed by atoms with Gasteiger partial charge in [0.1, 0.15) is 0 Å². The molecule has 6 heteroatoms. The highest BCUT2D eigenvalue weighted by Gasteiger charge is 2.40. The molecule has 0 radical (unpaired) electrons. The van der Waals surface area contributed by atoms with E-state index in [1.807, 2.05) is 34.0 Å². The minimum absolute atomic E-state index is 0.0401. The minimum Gasteiger partial charge on any atom is -0.355 e. The number of anilines is 2. The molecule has 0 amide bonds. The summed E-state index contributed by atoms with van der Waals surface area (Å²) in [4.78, 5) is 1.32. The molecule has 2 nitrogen and oxygen atoms in total. The maximum absolute atomic E-state index is 4.09. The normalized spacial score (nSPS) is 14.9. The molecule has 0 bridgehead atoms. The third-order valence-electron chi connectivity index (χ3n) is 17.0. The Morgan fingerprint density at radius 3 is 1.88 bits per heavy atom. The quantitative estimate of drug-likeness (QED) is 0.170. The second-order valence-corrected chi connectivity index (χ2v) is 26.7. The van der Waals surface area contributed by atoms with E-state index in [9.17, 15) is 0 Å². The lowest BCUT2D eigenvalue weighted by Gasteiger charge is -2.42. The van der Waals surface area contributed by atoms with Crippen molar-refractivity contribution in [2.45, 2.75) is 77.6 Å². The van der Waals surface area contributed by atoms with Gasteiger partial charge in [-0.2, -0.15) is 0 Å². The number of aromatic nitrogens is 1. The van der Waals surface area contributed by atoms with Gasteiger partial charge in [-0.3, -0.25) is 0 Å². The zero-order chi connectivity index (χ0) is 50.0. The lowest BCUT2D eigenvalue weighted by molar-refractivity contribution is 0.332. The molecule has 9 aromatic carbocycles. The van der Waals surface area contributed by atoms with E-state index in [0.29, 0.717) is 0 Å². The molecule has 1 N–H and O–H groups in total. The van der Waals surface area contributed by atoms with Gasteiger partial charge in [0.2, 0.25) is 0 Å². The highest BCUT2D eigenvalue weighted by atomic mass is 32.1. The predicted octanol–water partition coefficient (Wildman–Crippen LogP) is 18.8. The van der Waals surface area contributed by atoms with Crippen LogP contribution in [0.4, 0.5) is 11.4 Å². The lowest BCUT2D eigenvalue weighted by Crippen LogP contribution is -2.37. The van der Waals surface area contributed by atoms with Crippen molar-refractivity contribution in [3.8, 4) is 38.4 Å². The smallest absolute Gasteiger partial charge is 0.198 e. The monoisotopic (exact) mass is 1010 g/mol. The number of nitrogens with zero attached hydrogens (tertiary/aromatic N) is 1. The summed E-state index contributed by atoms with van der Waals surface area (Å²) in [5.74, 6) is 0. The first kappa shape index (κ1) is 44.5. The van der Waals surface area contributed by atoms with E-state index < -0.39 is 0 Å². The summed E-state index contributed by atoms with van der Waals surface area (Å²) < 4.78 is 9.39. The third kappa shape index (κ3) is 6.54. The average molecular weight is 1010 g/mol. The summed E-state index contributed by atoms with van der Waals surface area (Å²) in [6.07, 6.45) is 2.33. The fourth-order valence-electron chi connectivity index (χ4n) is 13.0. The first-order valence-corrected chi connectivity index (χ1v) is 28.8. The second kappa shape index (κ2) is 15.8. The van der Waals surface area contributed by atoms with Gasteiger partial charge < -0.3 is 9.88 Å². The number of nitrogens with one attached hydrogen (secondary N) is 1. The molecular formula is C68H55BN2S3. The van der Waals surface area contributed by atoms with Crippen molar-refractivity contribution in [3.63, 3.8) is 0 Å². The van der Waals surface area contributed by atoms with Crippen LogP contribution < -0.4 is 16.2 Å². The first-order valence-electron chi connectivity index (χ1n) is 26.3. The molecule has 0 saturated carbocycles. The number of hydrogen-bond donors (Lipinski definition) is 1. The predicted molar refractivity (Wildman–Crippen MR) is 328 cm³/mol. The molecule has 15 rings (SSSR count). The molecule has 13 aromatic rings. The molecule has 74 heavy (non-hydrogen) atoms. The molecular weight excluding hydrogens is 952 g/mol. The molecule has 2 aliphatic rings. The van der Waals surface area contributed by atoms with Gasteiger partial charge >= 0.3 is 0 Å². The van der Waals surface area contributed by atoms with Gasteiger partial charge in [-0.25, -0.2) is 0 Å². The molecule has 0 saturated heterocycles. The summed E-state index contributed by atoms with van der Waals surface area (Å²) >= 11 is 5.82. The van der Waals surface area contributed by atoms with Crippen molar-refractivity contribution in [2.75, 3.05) is 5.32 Å². The van der Waals surface area contributed by atoms with Crippen molar-refractivity contribution in [1.82, 2.24) is 4.57 Å². The maximum Gasteiger partial charge on any atom is 0.198 e. The van der Waals surface area contributed by atoms with Crippen LogP contribution in [-0.2, 0) is 16.2 Å². The first-order chi connectivity index (χ1) is 35.8. The molecule has 4 aromatic heterocycles. The highest BCUT2D eigenvalue weighted by molar-refractivity contribution is 7.27. The minimum atomic E-state index is 0.0401. The molecule has 1 aliphatic carbocycles. The number of benzene rings is 9.